The van der Waals surface area contributed by atoms with E-state index >= 15 is 0 Å². The van der Waals surface area contributed by atoms with E-state index in [4.69, 9.17) is 0 Å². The summed E-state index contributed by atoms with van der Waals surface area (Å²) in [5, 5.41) is 15.2. The molecule has 2 aromatic heterocycles. The predicted molar refractivity (Wildman–Crippen MR) is 99.2 cm³/mol. The van der Waals surface area contributed by atoms with E-state index in [9.17, 15) is 14.9 Å². The molecule has 9 heteroatoms. The first-order valence-electron chi connectivity index (χ1n) is 7.96. The van der Waals surface area contributed by atoms with Crippen molar-refractivity contribution in [1.82, 2.24) is 14.3 Å². The monoisotopic (exact) mass is 371 g/mol. The highest BCUT2D eigenvalue weighted by Crippen LogP contribution is 2.23. The van der Waals surface area contributed by atoms with E-state index < -0.39 is 10.8 Å². The Morgan fingerprint density at radius 2 is 2.23 bits per heavy atom. The second-order valence-electron chi connectivity index (χ2n) is 5.60. The van der Waals surface area contributed by atoms with E-state index in [-0.39, 0.29) is 11.4 Å². The highest BCUT2D eigenvalue weighted by Gasteiger charge is 2.14. The van der Waals surface area contributed by atoms with Crippen LogP contribution >= 0.6 is 11.3 Å². The fourth-order valence-corrected chi connectivity index (χ4v) is 3.72. The molecular weight excluding hydrogens is 354 g/mol. The normalized spacial score (nSPS) is 11.8. The number of nitro benzene ring substituents is 1. The first-order chi connectivity index (χ1) is 12.4. The number of nitrogens with zero attached hydrogens (tertiary/aromatic N) is 5. The Balaban J connectivity index is 2.13. The second kappa shape index (κ2) is 7.04. The summed E-state index contributed by atoms with van der Waals surface area (Å²) in [4.78, 5) is 27.7. The SMILES string of the molecule is C=CCn1c(=NC(=O)c2cc(C)n(CC)n2)sc2cc([N+](=O)[O-])ccc21. The van der Waals surface area contributed by atoms with Gasteiger partial charge >= 0.3 is 0 Å². The van der Waals surface area contributed by atoms with Gasteiger partial charge in [0.2, 0.25) is 0 Å². The maximum atomic E-state index is 12.5. The summed E-state index contributed by atoms with van der Waals surface area (Å²) in [5.41, 5.74) is 1.93. The summed E-state index contributed by atoms with van der Waals surface area (Å²) in [6.45, 7) is 8.66. The Bertz CT molecular complexity index is 1090. The van der Waals surface area contributed by atoms with E-state index in [2.05, 4.69) is 16.7 Å². The van der Waals surface area contributed by atoms with Crippen LogP contribution in [-0.4, -0.2) is 25.2 Å². The van der Waals surface area contributed by atoms with E-state index in [0.29, 0.717) is 22.6 Å². The number of hydrogen-bond donors (Lipinski definition) is 0. The molecule has 3 aromatic rings. The zero-order valence-corrected chi connectivity index (χ0v) is 15.2. The number of aryl methyl sites for hydroxylation is 2. The predicted octanol–water partition coefficient (Wildman–Crippen LogP) is 3.06. The van der Waals surface area contributed by atoms with Crippen molar-refractivity contribution in [2.75, 3.05) is 0 Å². The molecule has 0 N–H and O–H groups in total. The zero-order chi connectivity index (χ0) is 18.8. The summed E-state index contributed by atoms with van der Waals surface area (Å²) in [5.74, 6) is -0.445. The van der Waals surface area contributed by atoms with Gasteiger partial charge in [0.25, 0.3) is 11.6 Å². The molecule has 0 spiro atoms. The lowest BCUT2D eigenvalue weighted by Crippen LogP contribution is -2.16. The minimum absolute atomic E-state index is 0.000284. The van der Waals surface area contributed by atoms with Crippen LogP contribution in [0.5, 0.6) is 0 Å². The molecule has 8 nitrogen and oxygen atoms in total. The Kier molecular flexibility index (Phi) is 4.81. The number of rotatable bonds is 5. The van der Waals surface area contributed by atoms with Crippen molar-refractivity contribution in [2.45, 2.75) is 26.9 Å². The van der Waals surface area contributed by atoms with E-state index in [1.54, 1.807) is 27.5 Å². The van der Waals surface area contributed by atoms with Gasteiger partial charge < -0.3 is 4.57 Å². The van der Waals surface area contributed by atoms with Crippen LogP contribution < -0.4 is 4.80 Å². The number of aromatic nitrogens is 3. The second-order valence-corrected chi connectivity index (χ2v) is 6.61. The Hall–Kier alpha value is -3.07. The van der Waals surface area contributed by atoms with Crippen LogP contribution in [0.3, 0.4) is 0 Å². The summed E-state index contributed by atoms with van der Waals surface area (Å²) in [6, 6.07) is 6.28. The van der Waals surface area contributed by atoms with E-state index in [1.807, 2.05) is 13.8 Å². The number of fused-ring (bicyclic) bond motifs is 1. The molecule has 0 unspecified atom stereocenters. The van der Waals surface area contributed by atoms with Crippen molar-refractivity contribution in [1.29, 1.82) is 0 Å². The molecule has 2 heterocycles. The van der Waals surface area contributed by atoms with Gasteiger partial charge in [-0.2, -0.15) is 10.1 Å². The molecule has 0 atom stereocenters. The largest absolute Gasteiger partial charge is 0.312 e. The lowest BCUT2D eigenvalue weighted by Gasteiger charge is -2.00. The van der Waals surface area contributed by atoms with Crippen LogP contribution in [0.25, 0.3) is 10.2 Å². The molecule has 0 fully saturated rings. The summed E-state index contributed by atoms with van der Waals surface area (Å²) in [7, 11) is 0. The van der Waals surface area contributed by atoms with Gasteiger partial charge in [-0.25, -0.2) is 0 Å². The topological polar surface area (TPSA) is 95.3 Å². The van der Waals surface area contributed by atoms with Crippen LogP contribution in [0, 0.1) is 17.0 Å². The van der Waals surface area contributed by atoms with Gasteiger partial charge in [-0.1, -0.05) is 17.4 Å². The fourth-order valence-electron chi connectivity index (χ4n) is 2.65. The summed E-state index contributed by atoms with van der Waals surface area (Å²) in [6.07, 6.45) is 1.69. The van der Waals surface area contributed by atoms with Gasteiger partial charge in [0.05, 0.1) is 15.1 Å². The zero-order valence-electron chi connectivity index (χ0n) is 14.4. The lowest BCUT2D eigenvalue weighted by molar-refractivity contribution is -0.384. The average Bonchev–Trinajstić information content (AvgIpc) is 3.15. The first kappa shape index (κ1) is 17.7. The third-order valence-electron chi connectivity index (χ3n) is 3.89. The van der Waals surface area contributed by atoms with Crippen molar-refractivity contribution in [3.63, 3.8) is 0 Å². The summed E-state index contributed by atoms with van der Waals surface area (Å²) < 4.78 is 4.22. The molecule has 1 aromatic carbocycles. The molecule has 0 saturated carbocycles. The minimum atomic E-state index is -0.445. The first-order valence-corrected chi connectivity index (χ1v) is 8.78. The number of non-ortho nitro benzene ring substituents is 1. The number of carbonyl (C=O) groups excluding carboxylic acids is 1. The van der Waals surface area contributed by atoms with Gasteiger partial charge in [0.1, 0.15) is 0 Å². The highest BCUT2D eigenvalue weighted by atomic mass is 32.1. The van der Waals surface area contributed by atoms with E-state index in [1.165, 1.54) is 23.5 Å². The molecule has 0 aliphatic heterocycles. The third kappa shape index (κ3) is 3.21. The molecule has 0 bridgehead atoms. The number of hydrogen-bond acceptors (Lipinski definition) is 5. The molecule has 0 aliphatic carbocycles. The van der Waals surface area contributed by atoms with E-state index in [0.717, 1.165) is 11.2 Å². The number of allylic oxidation sites excluding steroid dienone is 1. The van der Waals surface area contributed by atoms with Crippen molar-refractivity contribution in [2.24, 2.45) is 4.99 Å². The molecule has 0 aliphatic rings. The molecule has 134 valence electrons. The van der Waals surface area contributed by atoms with Crippen LogP contribution in [0.1, 0.15) is 23.1 Å². The molecular formula is C17H17N5O3S. The van der Waals surface area contributed by atoms with Gasteiger partial charge in [0.15, 0.2) is 10.5 Å². The van der Waals surface area contributed by atoms with Gasteiger partial charge in [-0.05, 0) is 26.0 Å². The highest BCUT2D eigenvalue weighted by molar-refractivity contribution is 7.16. The number of benzene rings is 1. The number of nitro groups is 1. The number of amides is 1. The Labute approximate surface area is 152 Å². The standard InChI is InChI=1S/C17H17N5O3S/c1-4-8-20-14-7-6-12(22(24)25)10-15(14)26-17(20)18-16(23)13-9-11(3)21(5-2)19-13/h4,6-7,9-10H,1,5,8H2,2-3H3. The van der Waals surface area contributed by atoms with Crippen molar-refractivity contribution < 1.29 is 9.72 Å². The molecule has 26 heavy (non-hydrogen) atoms. The van der Waals surface area contributed by atoms with Crippen LogP contribution in [0.2, 0.25) is 0 Å². The van der Waals surface area contributed by atoms with Crippen molar-refractivity contribution >= 4 is 33.1 Å². The van der Waals surface area contributed by atoms with Gasteiger partial charge in [0, 0.05) is 30.9 Å². The Morgan fingerprint density at radius 1 is 1.46 bits per heavy atom. The quantitative estimate of drug-likeness (QED) is 0.391. The van der Waals surface area contributed by atoms with Crippen LogP contribution in [-0.2, 0) is 13.1 Å². The maximum absolute atomic E-state index is 12.5. The number of carbonyl (C=O) groups is 1. The number of thiazole rings is 1. The minimum Gasteiger partial charge on any atom is -0.312 e. The molecule has 0 radical (unpaired) electrons. The lowest BCUT2D eigenvalue weighted by atomic mass is 10.3. The van der Waals surface area contributed by atoms with Gasteiger partial charge in [-0.15, -0.1) is 6.58 Å². The average molecular weight is 371 g/mol. The fraction of sp³-hybridized carbons (Fsp3) is 0.235. The summed E-state index contributed by atoms with van der Waals surface area (Å²) >= 11 is 1.22. The molecule has 3 rings (SSSR count). The third-order valence-corrected chi connectivity index (χ3v) is 4.93. The smallest absolute Gasteiger partial charge is 0.300 e. The van der Waals surface area contributed by atoms with Crippen LogP contribution in [0.4, 0.5) is 5.69 Å². The van der Waals surface area contributed by atoms with Crippen molar-refractivity contribution in [3.8, 4) is 0 Å². The Morgan fingerprint density at radius 3 is 2.85 bits per heavy atom. The molecule has 0 saturated heterocycles. The van der Waals surface area contributed by atoms with Crippen LogP contribution in [0.15, 0.2) is 41.9 Å². The van der Waals surface area contributed by atoms with Gasteiger partial charge in [-0.3, -0.25) is 19.6 Å². The van der Waals surface area contributed by atoms with Crippen molar-refractivity contribution in [3.05, 3.63) is 63.2 Å². The maximum Gasteiger partial charge on any atom is 0.300 e. The molecule has 1 amide bonds.